The summed E-state index contributed by atoms with van der Waals surface area (Å²) in [6, 6.07) is 18.4. The summed E-state index contributed by atoms with van der Waals surface area (Å²) < 4.78 is 7.62. The molecule has 0 saturated carbocycles. The highest BCUT2D eigenvalue weighted by Crippen LogP contribution is 2.26. The van der Waals surface area contributed by atoms with E-state index in [4.69, 9.17) is 4.42 Å². The molecular weight excluding hydrogens is 404 g/mol. The zero-order valence-corrected chi connectivity index (χ0v) is 17.1. The highest BCUT2D eigenvalue weighted by Gasteiger charge is 2.13. The minimum Gasteiger partial charge on any atom is -0.416 e. The molecule has 5 rings (SSSR count). The monoisotopic (exact) mass is 422 g/mol. The van der Waals surface area contributed by atoms with Crippen LogP contribution in [0.5, 0.6) is 0 Å². The molecule has 0 spiro atoms. The topological polar surface area (TPSA) is 98.7 Å². The van der Waals surface area contributed by atoms with Crippen LogP contribution in [0.25, 0.3) is 28.7 Å². The van der Waals surface area contributed by atoms with Crippen LogP contribution in [-0.4, -0.2) is 30.6 Å². The van der Waals surface area contributed by atoms with Crippen LogP contribution in [-0.2, 0) is 0 Å². The van der Waals surface area contributed by atoms with E-state index in [1.165, 1.54) is 0 Å². The Labute approximate surface area is 183 Å². The summed E-state index contributed by atoms with van der Waals surface area (Å²) in [7, 11) is 0. The smallest absolute Gasteiger partial charge is 0.255 e. The molecule has 3 heterocycles. The summed E-state index contributed by atoms with van der Waals surface area (Å²) in [6.07, 6.45) is 6.75. The SMILES string of the molecule is Cc1ccccc1-c1nnc(-c2ccc(C(=O)Nc3ccc(-n4ccnc4)nc3)cc2)o1. The molecule has 3 aromatic heterocycles. The van der Waals surface area contributed by atoms with Crippen molar-refractivity contribution in [2.45, 2.75) is 6.92 Å². The maximum absolute atomic E-state index is 12.6. The normalized spacial score (nSPS) is 10.8. The van der Waals surface area contributed by atoms with Crippen molar-refractivity contribution in [3.05, 3.63) is 96.7 Å². The fourth-order valence-corrected chi connectivity index (χ4v) is 3.24. The quantitative estimate of drug-likeness (QED) is 0.446. The lowest BCUT2D eigenvalue weighted by atomic mass is 10.1. The molecule has 5 aromatic rings. The number of carbonyl (C=O) groups is 1. The molecule has 0 atom stereocenters. The average molecular weight is 422 g/mol. The van der Waals surface area contributed by atoms with Crippen molar-refractivity contribution in [2.24, 2.45) is 0 Å². The summed E-state index contributed by atoms with van der Waals surface area (Å²) in [4.78, 5) is 20.9. The van der Waals surface area contributed by atoms with Gasteiger partial charge < -0.3 is 9.73 Å². The Balaban J connectivity index is 1.28. The molecule has 0 aliphatic heterocycles. The van der Waals surface area contributed by atoms with Crippen molar-refractivity contribution in [3.8, 4) is 28.7 Å². The van der Waals surface area contributed by atoms with Gasteiger partial charge >= 0.3 is 0 Å². The zero-order valence-electron chi connectivity index (χ0n) is 17.1. The zero-order chi connectivity index (χ0) is 21.9. The Bertz CT molecular complexity index is 1360. The molecule has 0 bridgehead atoms. The minimum absolute atomic E-state index is 0.236. The van der Waals surface area contributed by atoms with Crippen molar-refractivity contribution in [1.82, 2.24) is 24.7 Å². The number of anilines is 1. The van der Waals surface area contributed by atoms with Gasteiger partial charge in [-0.3, -0.25) is 9.36 Å². The summed E-state index contributed by atoms with van der Waals surface area (Å²) in [5.41, 5.74) is 3.80. The van der Waals surface area contributed by atoms with Crippen molar-refractivity contribution < 1.29 is 9.21 Å². The second-order valence-corrected chi connectivity index (χ2v) is 7.13. The summed E-state index contributed by atoms with van der Waals surface area (Å²) in [5, 5.41) is 11.1. The van der Waals surface area contributed by atoms with Gasteiger partial charge in [0.2, 0.25) is 11.8 Å². The number of imidazole rings is 1. The van der Waals surface area contributed by atoms with Gasteiger partial charge in [0, 0.05) is 29.1 Å². The van der Waals surface area contributed by atoms with Crippen molar-refractivity contribution >= 4 is 11.6 Å². The molecule has 0 radical (unpaired) electrons. The molecule has 2 aromatic carbocycles. The van der Waals surface area contributed by atoms with Crippen LogP contribution >= 0.6 is 0 Å². The number of nitrogens with one attached hydrogen (secondary N) is 1. The third kappa shape index (κ3) is 3.89. The second-order valence-electron chi connectivity index (χ2n) is 7.13. The fraction of sp³-hybridized carbons (Fsp3) is 0.0417. The minimum atomic E-state index is -0.236. The first kappa shape index (κ1) is 19.4. The number of pyridine rings is 1. The van der Waals surface area contributed by atoms with E-state index >= 15 is 0 Å². The Morgan fingerprint density at radius 1 is 0.969 bits per heavy atom. The van der Waals surface area contributed by atoms with E-state index in [1.807, 2.05) is 37.3 Å². The van der Waals surface area contributed by atoms with Gasteiger partial charge in [0.15, 0.2) is 0 Å². The van der Waals surface area contributed by atoms with Gasteiger partial charge in [-0.1, -0.05) is 18.2 Å². The Morgan fingerprint density at radius 2 is 1.78 bits per heavy atom. The highest BCUT2D eigenvalue weighted by molar-refractivity contribution is 6.04. The number of amides is 1. The number of hydrogen-bond donors (Lipinski definition) is 1. The molecule has 0 fully saturated rings. The summed E-state index contributed by atoms with van der Waals surface area (Å²) in [6.45, 7) is 1.99. The summed E-state index contributed by atoms with van der Waals surface area (Å²) in [5.74, 6) is 1.34. The lowest BCUT2D eigenvalue weighted by Crippen LogP contribution is -2.12. The van der Waals surface area contributed by atoms with E-state index in [1.54, 1.807) is 59.8 Å². The Hall–Kier alpha value is -4.59. The van der Waals surface area contributed by atoms with E-state index in [2.05, 4.69) is 25.5 Å². The average Bonchev–Trinajstić information content (AvgIpc) is 3.53. The third-order valence-corrected chi connectivity index (χ3v) is 4.97. The van der Waals surface area contributed by atoms with Gasteiger partial charge in [-0.25, -0.2) is 9.97 Å². The van der Waals surface area contributed by atoms with E-state index in [0.717, 1.165) is 22.5 Å². The van der Waals surface area contributed by atoms with Crippen LogP contribution in [0.2, 0.25) is 0 Å². The Kier molecular flexibility index (Phi) is 5.01. The highest BCUT2D eigenvalue weighted by atomic mass is 16.4. The number of rotatable bonds is 5. The Morgan fingerprint density at radius 3 is 2.50 bits per heavy atom. The van der Waals surface area contributed by atoms with Gasteiger partial charge in [0.05, 0.1) is 11.9 Å². The number of carbonyl (C=O) groups excluding carboxylic acids is 1. The van der Waals surface area contributed by atoms with Crippen LogP contribution in [0, 0.1) is 6.92 Å². The van der Waals surface area contributed by atoms with E-state index in [0.29, 0.717) is 23.0 Å². The molecule has 0 saturated heterocycles. The van der Waals surface area contributed by atoms with E-state index in [-0.39, 0.29) is 5.91 Å². The molecule has 0 aliphatic carbocycles. The summed E-state index contributed by atoms with van der Waals surface area (Å²) >= 11 is 0. The molecule has 0 unspecified atom stereocenters. The predicted octanol–water partition coefficient (Wildman–Crippen LogP) is 4.55. The van der Waals surface area contributed by atoms with Gasteiger partial charge in [-0.2, -0.15) is 0 Å². The van der Waals surface area contributed by atoms with Crippen molar-refractivity contribution in [2.75, 3.05) is 5.32 Å². The van der Waals surface area contributed by atoms with E-state index in [9.17, 15) is 4.79 Å². The largest absolute Gasteiger partial charge is 0.416 e. The maximum Gasteiger partial charge on any atom is 0.255 e. The first-order valence-corrected chi connectivity index (χ1v) is 9.93. The molecule has 156 valence electrons. The maximum atomic E-state index is 12.6. The standard InChI is InChI=1S/C24H18N6O2/c1-16-4-2-3-5-20(16)24-29-28-23(32-24)18-8-6-17(7-9-18)22(31)27-19-10-11-21(26-14-19)30-13-12-25-15-30/h2-15H,1H3,(H,27,31). The van der Waals surface area contributed by atoms with Crippen LogP contribution in [0.3, 0.4) is 0 Å². The van der Waals surface area contributed by atoms with Crippen LogP contribution in [0.1, 0.15) is 15.9 Å². The molecule has 1 N–H and O–H groups in total. The number of nitrogens with zero attached hydrogens (tertiary/aromatic N) is 5. The molecule has 1 amide bonds. The fourth-order valence-electron chi connectivity index (χ4n) is 3.24. The van der Waals surface area contributed by atoms with Gasteiger partial charge in [0.25, 0.3) is 5.91 Å². The third-order valence-electron chi connectivity index (χ3n) is 4.97. The second kappa shape index (κ2) is 8.27. The molecule has 8 nitrogen and oxygen atoms in total. The number of aromatic nitrogens is 5. The van der Waals surface area contributed by atoms with Crippen LogP contribution in [0.4, 0.5) is 5.69 Å². The molecule has 0 aliphatic rings. The first-order valence-electron chi connectivity index (χ1n) is 9.93. The van der Waals surface area contributed by atoms with Crippen LogP contribution in [0.15, 0.2) is 90.0 Å². The molecule has 8 heteroatoms. The van der Waals surface area contributed by atoms with Crippen LogP contribution < -0.4 is 5.32 Å². The number of benzene rings is 2. The van der Waals surface area contributed by atoms with Gasteiger partial charge in [-0.15, -0.1) is 10.2 Å². The first-order chi connectivity index (χ1) is 15.7. The number of hydrogen-bond acceptors (Lipinski definition) is 6. The lowest BCUT2D eigenvalue weighted by molar-refractivity contribution is 0.102. The lowest BCUT2D eigenvalue weighted by Gasteiger charge is -2.07. The number of aryl methyl sites for hydroxylation is 1. The van der Waals surface area contributed by atoms with Crippen molar-refractivity contribution in [1.29, 1.82) is 0 Å². The predicted molar refractivity (Wildman–Crippen MR) is 119 cm³/mol. The van der Waals surface area contributed by atoms with E-state index < -0.39 is 0 Å². The van der Waals surface area contributed by atoms with Crippen molar-refractivity contribution in [3.63, 3.8) is 0 Å². The van der Waals surface area contributed by atoms with Gasteiger partial charge in [-0.05, 0) is 55.0 Å². The molecule has 32 heavy (non-hydrogen) atoms. The molecular formula is C24H18N6O2. The van der Waals surface area contributed by atoms with Gasteiger partial charge in [0.1, 0.15) is 12.1 Å².